The fourth-order valence-electron chi connectivity index (χ4n) is 2.54. The van der Waals surface area contributed by atoms with E-state index in [1.807, 2.05) is 19.9 Å². The summed E-state index contributed by atoms with van der Waals surface area (Å²) < 4.78 is 18.4. The maximum atomic E-state index is 12.1. The fourth-order valence-corrected chi connectivity index (χ4v) is 3.59. The molecule has 7 nitrogen and oxygen atoms in total. The quantitative estimate of drug-likeness (QED) is 0.762. The average Bonchev–Trinajstić information content (AvgIpc) is 3.09. The van der Waals surface area contributed by atoms with E-state index in [0.717, 1.165) is 10.2 Å². The molecule has 0 unspecified atom stereocenters. The molecule has 1 amide bonds. The Hall–Kier alpha value is -2.35. The number of hydrogen-bond acceptors (Lipinski definition) is 6. The van der Waals surface area contributed by atoms with Gasteiger partial charge in [0.05, 0.1) is 16.8 Å². The van der Waals surface area contributed by atoms with Gasteiger partial charge in [0.15, 0.2) is 16.3 Å². The monoisotopic (exact) mass is 364 g/mol. The number of carbonyl (C=O) groups excluding carboxylic acids is 2. The second kappa shape index (κ2) is 7.26. The molecular formula is C17H20N2O5S. The SMILES string of the molecule is CCOC(=O)Cn1c(=NC(=O)CC(C)C)sc2cc3c(cc21)OCO3. The third-order valence-corrected chi connectivity index (χ3v) is 4.61. The number of carbonyl (C=O) groups is 2. The lowest BCUT2D eigenvalue weighted by Gasteiger charge is -2.06. The van der Waals surface area contributed by atoms with Gasteiger partial charge in [-0.3, -0.25) is 9.59 Å². The summed E-state index contributed by atoms with van der Waals surface area (Å²) in [7, 11) is 0. The summed E-state index contributed by atoms with van der Waals surface area (Å²) in [6, 6.07) is 3.65. The molecule has 0 fully saturated rings. The molecule has 2 aromatic rings. The van der Waals surface area contributed by atoms with E-state index in [-0.39, 0.29) is 31.1 Å². The van der Waals surface area contributed by atoms with Gasteiger partial charge in [0.25, 0.3) is 0 Å². The van der Waals surface area contributed by atoms with Crippen LogP contribution in [0.4, 0.5) is 0 Å². The number of aromatic nitrogens is 1. The first-order valence-corrected chi connectivity index (χ1v) is 8.95. The van der Waals surface area contributed by atoms with Gasteiger partial charge in [0.1, 0.15) is 6.54 Å². The average molecular weight is 364 g/mol. The Bertz CT molecular complexity index is 881. The molecule has 0 bridgehead atoms. The predicted octanol–water partition coefficient (Wildman–Crippen LogP) is 2.47. The van der Waals surface area contributed by atoms with Gasteiger partial charge in [-0.25, -0.2) is 0 Å². The second-order valence-corrected chi connectivity index (χ2v) is 7.06. The number of ether oxygens (including phenoxy) is 3. The van der Waals surface area contributed by atoms with Crippen molar-refractivity contribution in [2.45, 2.75) is 33.7 Å². The van der Waals surface area contributed by atoms with Crippen LogP contribution in [0.1, 0.15) is 27.2 Å². The molecule has 134 valence electrons. The minimum absolute atomic E-state index is 0.0126. The van der Waals surface area contributed by atoms with E-state index < -0.39 is 0 Å². The maximum Gasteiger partial charge on any atom is 0.326 e. The number of thiazole rings is 1. The van der Waals surface area contributed by atoms with E-state index >= 15 is 0 Å². The Labute approximate surface area is 148 Å². The number of nitrogens with zero attached hydrogens (tertiary/aromatic N) is 2. The number of esters is 1. The molecule has 0 N–H and O–H groups in total. The number of rotatable bonds is 5. The van der Waals surface area contributed by atoms with Gasteiger partial charge in [-0.05, 0) is 12.8 Å². The molecule has 1 aliphatic heterocycles. The number of hydrogen-bond donors (Lipinski definition) is 0. The van der Waals surface area contributed by atoms with Crippen molar-refractivity contribution in [2.75, 3.05) is 13.4 Å². The van der Waals surface area contributed by atoms with Crippen LogP contribution in [0.25, 0.3) is 10.2 Å². The Morgan fingerprint density at radius 2 is 2.04 bits per heavy atom. The van der Waals surface area contributed by atoms with Crippen molar-refractivity contribution in [3.05, 3.63) is 16.9 Å². The molecular weight excluding hydrogens is 344 g/mol. The Morgan fingerprint density at radius 3 is 2.72 bits per heavy atom. The van der Waals surface area contributed by atoms with Crippen LogP contribution in [0.5, 0.6) is 11.5 Å². The normalized spacial score (nSPS) is 13.7. The topological polar surface area (TPSA) is 79.1 Å². The first-order chi connectivity index (χ1) is 12.0. The van der Waals surface area contributed by atoms with Crippen LogP contribution in [-0.2, 0) is 20.9 Å². The third-order valence-electron chi connectivity index (χ3n) is 3.57. The molecule has 0 saturated carbocycles. The molecule has 0 atom stereocenters. The van der Waals surface area contributed by atoms with Crippen molar-refractivity contribution in [1.29, 1.82) is 0 Å². The van der Waals surface area contributed by atoms with E-state index in [2.05, 4.69) is 4.99 Å². The molecule has 3 rings (SSSR count). The fraction of sp³-hybridized carbons (Fsp3) is 0.471. The molecule has 25 heavy (non-hydrogen) atoms. The third kappa shape index (κ3) is 3.84. The highest BCUT2D eigenvalue weighted by atomic mass is 32.1. The van der Waals surface area contributed by atoms with Crippen molar-refractivity contribution in [3.63, 3.8) is 0 Å². The predicted molar refractivity (Wildman–Crippen MR) is 92.6 cm³/mol. The highest BCUT2D eigenvalue weighted by Crippen LogP contribution is 2.37. The first-order valence-electron chi connectivity index (χ1n) is 8.14. The second-order valence-electron chi connectivity index (χ2n) is 6.05. The van der Waals surface area contributed by atoms with Crippen LogP contribution in [0.2, 0.25) is 0 Å². The van der Waals surface area contributed by atoms with E-state index in [1.54, 1.807) is 17.6 Å². The van der Waals surface area contributed by atoms with Crippen LogP contribution < -0.4 is 14.3 Å². The van der Waals surface area contributed by atoms with E-state index in [1.165, 1.54) is 11.3 Å². The smallest absolute Gasteiger partial charge is 0.326 e. The van der Waals surface area contributed by atoms with Gasteiger partial charge in [-0.2, -0.15) is 4.99 Å². The summed E-state index contributed by atoms with van der Waals surface area (Å²) in [5.74, 6) is 0.895. The van der Waals surface area contributed by atoms with E-state index in [4.69, 9.17) is 14.2 Å². The largest absolute Gasteiger partial charge is 0.465 e. The van der Waals surface area contributed by atoms with Crippen molar-refractivity contribution in [3.8, 4) is 11.5 Å². The van der Waals surface area contributed by atoms with Crippen LogP contribution in [0, 0.1) is 5.92 Å². The van der Waals surface area contributed by atoms with Gasteiger partial charge >= 0.3 is 5.97 Å². The minimum atomic E-state index is -0.377. The van der Waals surface area contributed by atoms with Gasteiger partial charge in [-0.15, -0.1) is 0 Å². The van der Waals surface area contributed by atoms with Gasteiger partial charge in [0, 0.05) is 18.6 Å². The molecule has 0 aliphatic carbocycles. The summed E-state index contributed by atoms with van der Waals surface area (Å²) >= 11 is 1.34. The lowest BCUT2D eigenvalue weighted by Crippen LogP contribution is -2.23. The van der Waals surface area contributed by atoms with Crippen LogP contribution in [-0.4, -0.2) is 29.8 Å². The van der Waals surface area contributed by atoms with Crippen LogP contribution in [0.3, 0.4) is 0 Å². The van der Waals surface area contributed by atoms with Crippen molar-refractivity contribution in [1.82, 2.24) is 4.57 Å². The zero-order valence-corrected chi connectivity index (χ0v) is 15.2. The Balaban J connectivity index is 2.09. The molecule has 1 aromatic carbocycles. The van der Waals surface area contributed by atoms with Crippen molar-refractivity contribution in [2.24, 2.45) is 10.9 Å². The van der Waals surface area contributed by atoms with Crippen molar-refractivity contribution >= 4 is 33.4 Å². The Kier molecular flexibility index (Phi) is 5.08. The number of benzene rings is 1. The molecule has 0 radical (unpaired) electrons. The van der Waals surface area contributed by atoms with Gasteiger partial charge in [-0.1, -0.05) is 25.2 Å². The van der Waals surface area contributed by atoms with E-state index in [0.29, 0.717) is 29.3 Å². The molecule has 0 saturated heterocycles. The highest BCUT2D eigenvalue weighted by molar-refractivity contribution is 7.16. The number of amides is 1. The van der Waals surface area contributed by atoms with Crippen LogP contribution >= 0.6 is 11.3 Å². The zero-order valence-electron chi connectivity index (χ0n) is 14.4. The summed E-state index contributed by atoms with van der Waals surface area (Å²) in [6.45, 7) is 6.14. The van der Waals surface area contributed by atoms with Gasteiger partial charge < -0.3 is 18.8 Å². The first kappa shape index (κ1) is 17.5. The number of fused-ring (bicyclic) bond motifs is 2. The summed E-state index contributed by atoms with van der Waals surface area (Å²) in [4.78, 5) is 28.8. The molecule has 1 aromatic heterocycles. The lowest BCUT2D eigenvalue weighted by molar-refractivity contribution is -0.143. The molecule has 2 heterocycles. The molecule has 8 heteroatoms. The van der Waals surface area contributed by atoms with Gasteiger partial charge in [0.2, 0.25) is 12.7 Å². The standard InChI is InChI=1S/C17H20N2O5S/c1-4-22-16(21)8-19-11-6-12-13(24-9-23-12)7-14(11)25-17(19)18-15(20)5-10(2)3/h6-7,10H,4-5,8-9H2,1-3H3. The van der Waals surface area contributed by atoms with Crippen molar-refractivity contribution < 1.29 is 23.8 Å². The lowest BCUT2D eigenvalue weighted by atomic mass is 10.1. The highest BCUT2D eigenvalue weighted by Gasteiger charge is 2.19. The maximum absolute atomic E-state index is 12.1. The van der Waals surface area contributed by atoms with E-state index in [9.17, 15) is 9.59 Å². The molecule has 0 spiro atoms. The summed E-state index contributed by atoms with van der Waals surface area (Å²) in [5, 5.41) is 0. The Morgan fingerprint density at radius 1 is 1.32 bits per heavy atom. The molecule has 1 aliphatic rings. The summed E-state index contributed by atoms with van der Waals surface area (Å²) in [5.41, 5.74) is 0.762. The minimum Gasteiger partial charge on any atom is -0.465 e. The zero-order chi connectivity index (χ0) is 18.0. The summed E-state index contributed by atoms with van der Waals surface area (Å²) in [6.07, 6.45) is 0.358. The van der Waals surface area contributed by atoms with Crippen LogP contribution in [0.15, 0.2) is 17.1 Å².